The monoisotopic (exact) mass is 213 g/mol. The predicted molar refractivity (Wildman–Crippen MR) is 62.5 cm³/mol. The first-order valence-corrected chi connectivity index (χ1v) is 6.29. The van der Waals surface area contributed by atoms with E-state index in [9.17, 15) is 0 Å². The lowest BCUT2D eigenvalue weighted by Crippen LogP contribution is -2.23. The van der Waals surface area contributed by atoms with E-state index < -0.39 is 0 Å². The minimum atomic E-state index is 0.727. The third-order valence-corrected chi connectivity index (χ3v) is 3.05. The van der Waals surface area contributed by atoms with Crippen LogP contribution in [0.2, 0.25) is 0 Å². The molecule has 1 atom stereocenters. The van der Waals surface area contributed by atoms with Crippen LogP contribution in [0.25, 0.3) is 0 Å². The largest absolute Gasteiger partial charge is 0.337 e. The van der Waals surface area contributed by atoms with Gasteiger partial charge < -0.3 is 9.88 Å². The SMILES string of the molecule is CSCC(C)CNCc1nccn1C. The van der Waals surface area contributed by atoms with E-state index in [0.29, 0.717) is 0 Å². The van der Waals surface area contributed by atoms with Gasteiger partial charge in [0.05, 0.1) is 6.54 Å². The van der Waals surface area contributed by atoms with E-state index in [0.717, 1.165) is 24.8 Å². The second-order valence-electron chi connectivity index (χ2n) is 3.65. The van der Waals surface area contributed by atoms with Crippen molar-refractivity contribution in [2.24, 2.45) is 13.0 Å². The number of aryl methyl sites for hydroxylation is 1. The van der Waals surface area contributed by atoms with Gasteiger partial charge in [0.2, 0.25) is 0 Å². The fourth-order valence-corrected chi connectivity index (χ4v) is 2.03. The zero-order valence-corrected chi connectivity index (χ0v) is 9.97. The minimum absolute atomic E-state index is 0.727. The van der Waals surface area contributed by atoms with Gasteiger partial charge in [0, 0.05) is 19.4 Å². The van der Waals surface area contributed by atoms with Crippen LogP contribution in [0, 0.1) is 5.92 Å². The first-order valence-electron chi connectivity index (χ1n) is 4.90. The number of nitrogens with zero attached hydrogens (tertiary/aromatic N) is 2. The maximum Gasteiger partial charge on any atom is 0.122 e. The Balaban J connectivity index is 2.19. The summed E-state index contributed by atoms with van der Waals surface area (Å²) in [6.07, 6.45) is 5.96. The van der Waals surface area contributed by atoms with Gasteiger partial charge in [-0.05, 0) is 24.5 Å². The molecule has 0 aliphatic rings. The molecule has 0 bridgehead atoms. The minimum Gasteiger partial charge on any atom is -0.337 e. The Morgan fingerprint density at radius 3 is 3.00 bits per heavy atom. The average molecular weight is 213 g/mol. The third-order valence-electron chi connectivity index (χ3n) is 2.15. The van der Waals surface area contributed by atoms with E-state index in [1.807, 2.05) is 35.8 Å². The predicted octanol–water partition coefficient (Wildman–Crippen LogP) is 1.51. The first-order chi connectivity index (χ1) is 6.74. The van der Waals surface area contributed by atoms with Gasteiger partial charge in [-0.3, -0.25) is 0 Å². The van der Waals surface area contributed by atoms with Crippen molar-refractivity contribution >= 4 is 11.8 Å². The van der Waals surface area contributed by atoms with Crippen molar-refractivity contribution in [2.75, 3.05) is 18.6 Å². The molecule has 0 saturated carbocycles. The molecule has 3 nitrogen and oxygen atoms in total. The summed E-state index contributed by atoms with van der Waals surface area (Å²) >= 11 is 1.90. The number of hydrogen-bond donors (Lipinski definition) is 1. The molecule has 1 heterocycles. The Hall–Kier alpha value is -0.480. The van der Waals surface area contributed by atoms with Crippen molar-refractivity contribution < 1.29 is 0 Å². The first kappa shape index (κ1) is 11.6. The van der Waals surface area contributed by atoms with Crippen LogP contribution in [0.1, 0.15) is 12.7 Å². The normalized spacial score (nSPS) is 13.1. The van der Waals surface area contributed by atoms with E-state index in [1.165, 1.54) is 5.75 Å². The topological polar surface area (TPSA) is 29.9 Å². The highest BCUT2D eigenvalue weighted by atomic mass is 32.2. The lowest BCUT2D eigenvalue weighted by molar-refractivity contribution is 0.543. The van der Waals surface area contributed by atoms with Crippen LogP contribution in [0.15, 0.2) is 12.4 Å². The highest BCUT2D eigenvalue weighted by molar-refractivity contribution is 7.98. The molecule has 1 unspecified atom stereocenters. The summed E-state index contributed by atoms with van der Waals surface area (Å²) in [5.74, 6) is 3.04. The highest BCUT2D eigenvalue weighted by Gasteiger charge is 2.02. The van der Waals surface area contributed by atoms with Gasteiger partial charge in [-0.1, -0.05) is 6.92 Å². The summed E-state index contributed by atoms with van der Waals surface area (Å²) in [6.45, 7) is 4.19. The third kappa shape index (κ3) is 3.72. The number of aromatic nitrogens is 2. The maximum atomic E-state index is 4.25. The second kappa shape index (κ2) is 6.09. The van der Waals surface area contributed by atoms with Crippen molar-refractivity contribution in [3.63, 3.8) is 0 Å². The van der Waals surface area contributed by atoms with Crippen LogP contribution in [-0.2, 0) is 13.6 Å². The zero-order chi connectivity index (χ0) is 10.4. The summed E-state index contributed by atoms with van der Waals surface area (Å²) in [6, 6.07) is 0. The van der Waals surface area contributed by atoms with E-state index in [1.54, 1.807) is 0 Å². The summed E-state index contributed by atoms with van der Waals surface area (Å²) < 4.78 is 2.05. The molecule has 0 fully saturated rings. The number of hydrogen-bond acceptors (Lipinski definition) is 3. The van der Waals surface area contributed by atoms with E-state index in [2.05, 4.69) is 23.5 Å². The lowest BCUT2D eigenvalue weighted by Gasteiger charge is -2.10. The summed E-state index contributed by atoms with van der Waals surface area (Å²) in [4.78, 5) is 4.25. The van der Waals surface area contributed by atoms with Gasteiger partial charge in [-0.15, -0.1) is 0 Å². The van der Waals surface area contributed by atoms with E-state index in [4.69, 9.17) is 0 Å². The molecule has 1 rings (SSSR count). The van der Waals surface area contributed by atoms with Gasteiger partial charge in [-0.2, -0.15) is 11.8 Å². The van der Waals surface area contributed by atoms with Crippen LogP contribution in [0.5, 0.6) is 0 Å². The Kier molecular flexibility index (Phi) is 5.04. The van der Waals surface area contributed by atoms with Crippen LogP contribution in [0.3, 0.4) is 0 Å². The molecular formula is C10H19N3S. The van der Waals surface area contributed by atoms with Crippen molar-refractivity contribution in [3.05, 3.63) is 18.2 Å². The molecule has 0 aliphatic carbocycles. The molecule has 0 spiro atoms. The number of imidazole rings is 1. The number of nitrogens with one attached hydrogen (secondary N) is 1. The van der Waals surface area contributed by atoms with Gasteiger partial charge >= 0.3 is 0 Å². The maximum absolute atomic E-state index is 4.25. The molecule has 1 aromatic heterocycles. The molecule has 0 saturated heterocycles. The molecule has 4 heteroatoms. The standard InChI is InChI=1S/C10H19N3S/c1-9(8-14-3)6-11-7-10-12-4-5-13(10)2/h4-5,9,11H,6-8H2,1-3H3. The Morgan fingerprint density at radius 2 is 2.43 bits per heavy atom. The van der Waals surface area contributed by atoms with Crippen LogP contribution >= 0.6 is 11.8 Å². The van der Waals surface area contributed by atoms with Gasteiger partial charge in [-0.25, -0.2) is 4.98 Å². The summed E-state index contributed by atoms with van der Waals surface area (Å²) in [7, 11) is 2.02. The Bertz CT molecular complexity index is 260. The van der Waals surface area contributed by atoms with E-state index >= 15 is 0 Å². The van der Waals surface area contributed by atoms with Crippen molar-refractivity contribution in [3.8, 4) is 0 Å². The molecule has 0 aromatic carbocycles. The zero-order valence-electron chi connectivity index (χ0n) is 9.16. The molecule has 0 radical (unpaired) electrons. The molecule has 0 amide bonds. The van der Waals surface area contributed by atoms with Crippen molar-refractivity contribution in [1.29, 1.82) is 0 Å². The molecule has 80 valence electrons. The highest BCUT2D eigenvalue weighted by Crippen LogP contribution is 2.03. The van der Waals surface area contributed by atoms with Crippen molar-refractivity contribution in [1.82, 2.24) is 14.9 Å². The second-order valence-corrected chi connectivity index (χ2v) is 4.56. The van der Waals surface area contributed by atoms with Gasteiger partial charge in [0.1, 0.15) is 5.82 Å². The van der Waals surface area contributed by atoms with E-state index in [-0.39, 0.29) is 0 Å². The molecule has 14 heavy (non-hydrogen) atoms. The molecule has 0 aliphatic heterocycles. The van der Waals surface area contributed by atoms with Gasteiger partial charge in [0.15, 0.2) is 0 Å². The smallest absolute Gasteiger partial charge is 0.122 e. The summed E-state index contributed by atoms with van der Waals surface area (Å²) in [5, 5.41) is 3.42. The fraction of sp³-hybridized carbons (Fsp3) is 0.700. The van der Waals surface area contributed by atoms with Crippen LogP contribution in [0.4, 0.5) is 0 Å². The molecular weight excluding hydrogens is 194 g/mol. The summed E-state index contributed by atoms with van der Waals surface area (Å²) in [5.41, 5.74) is 0. The average Bonchev–Trinajstić information content (AvgIpc) is 2.52. The number of rotatable bonds is 6. The molecule has 1 N–H and O–H groups in total. The molecule has 1 aromatic rings. The van der Waals surface area contributed by atoms with Crippen LogP contribution < -0.4 is 5.32 Å². The fourth-order valence-electron chi connectivity index (χ4n) is 1.34. The van der Waals surface area contributed by atoms with Crippen LogP contribution in [-0.4, -0.2) is 28.1 Å². The Morgan fingerprint density at radius 1 is 1.64 bits per heavy atom. The quantitative estimate of drug-likeness (QED) is 0.777. The number of thioether (sulfide) groups is 1. The van der Waals surface area contributed by atoms with Gasteiger partial charge in [0.25, 0.3) is 0 Å². The Labute approximate surface area is 90.3 Å². The lowest BCUT2D eigenvalue weighted by atomic mass is 10.2. The van der Waals surface area contributed by atoms with Crippen molar-refractivity contribution in [2.45, 2.75) is 13.5 Å².